The third kappa shape index (κ3) is 2.31. The van der Waals surface area contributed by atoms with Gasteiger partial charge < -0.3 is 15.5 Å². The summed E-state index contributed by atoms with van der Waals surface area (Å²) in [6.45, 7) is 2.54. The van der Waals surface area contributed by atoms with E-state index in [-0.39, 0.29) is 0 Å². The van der Waals surface area contributed by atoms with E-state index in [0.717, 1.165) is 34.9 Å². The standard InChI is InChI=1S/C13H17N3O/c1-9-15-11(7-8-14)13(16-9)10-5-3-4-6-12(10)17-2/h3-6H,7-8,14H2,1-2H3,(H,15,16). The van der Waals surface area contributed by atoms with Gasteiger partial charge >= 0.3 is 0 Å². The molecule has 2 aromatic rings. The van der Waals surface area contributed by atoms with Crippen molar-refractivity contribution in [3.63, 3.8) is 0 Å². The van der Waals surface area contributed by atoms with E-state index in [4.69, 9.17) is 10.5 Å². The molecule has 3 N–H and O–H groups in total. The Morgan fingerprint density at radius 3 is 2.82 bits per heavy atom. The number of rotatable bonds is 4. The number of imidazole rings is 1. The Bertz CT molecular complexity index is 505. The van der Waals surface area contributed by atoms with Crippen molar-refractivity contribution in [2.45, 2.75) is 13.3 Å². The van der Waals surface area contributed by atoms with Gasteiger partial charge in [0.25, 0.3) is 0 Å². The van der Waals surface area contributed by atoms with E-state index < -0.39 is 0 Å². The average molecular weight is 231 g/mol. The molecule has 2 rings (SSSR count). The van der Waals surface area contributed by atoms with Gasteiger partial charge in [0.15, 0.2) is 0 Å². The lowest BCUT2D eigenvalue weighted by molar-refractivity contribution is 0.416. The molecule has 0 aliphatic rings. The number of nitrogens with two attached hydrogens (primary N) is 1. The van der Waals surface area contributed by atoms with Gasteiger partial charge in [-0.2, -0.15) is 0 Å². The van der Waals surface area contributed by atoms with Gasteiger partial charge in [-0.15, -0.1) is 0 Å². The summed E-state index contributed by atoms with van der Waals surface area (Å²) in [5.41, 5.74) is 8.61. The fraction of sp³-hybridized carbons (Fsp3) is 0.308. The maximum absolute atomic E-state index is 5.61. The monoisotopic (exact) mass is 231 g/mol. The highest BCUT2D eigenvalue weighted by atomic mass is 16.5. The molecule has 0 atom stereocenters. The molecule has 0 saturated heterocycles. The summed E-state index contributed by atoms with van der Waals surface area (Å²) in [6.07, 6.45) is 0.786. The Morgan fingerprint density at radius 1 is 1.35 bits per heavy atom. The van der Waals surface area contributed by atoms with Crippen molar-refractivity contribution in [3.05, 3.63) is 35.8 Å². The average Bonchev–Trinajstić information content (AvgIpc) is 2.71. The molecule has 0 saturated carbocycles. The van der Waals surface area contributed by atoms with Gasteiger partial charge in [-0.1, -0.05) is 12.1 Å². The number of benzene rings is 1. The minimum atomic E-state index is 0.601. The van der Waals surface area contributed by atoms with Crippen LogP contribution in [0.15, 0.2) is 24.3 Å². The Morgan fingerprint density at radius 2 is 2.12 bits per heavy atom. The summed E-state index contributed by atoms with van der Waals surface area (Å²) in [4.78, 5) is 7.77. The van der Waals surface area contributed by atoms with E-state index in [1.807, 2.05) is 31.2 Å². The summed E-state index contributed by atoms with van der Waals surface area (Å²) in [6, 6.07) is 7.87. The van der Waals surface area contributed by atoms with Crippen molar-refractivity contribution in [3.8, 4) is 17.0 Å². The molecule has 4 nitrogen and oxygen atoms in total. The first-order valence-corrected chi connectivity index (χ1v) is 5.65. The fourth-order valence-corrected chi connectivity index (χ4v) is 1.93. The predicted molar refractivity (Wildman–Crippen MR) is 68.1 cm³/mol. The molecule has 1 aromatic carbocycles. The molecule has 0 radical (unpaired) electrons. The molecule has 1 aromatic heterocycles. The van der Waals surface area contributed by atoms with Crippen LogP contribution in [0.1, 0.15) is 11.5 Å². The molecule has 0 amide bonds. The lowest BCUT2D eigenvalue weighted by atomic mass is 10.1. The number of aryl methyl sites for hydroxylation is 1. The number of ether oxygens (including phenoxy) is 1. The van der Waals surface area contributed by atoms with Crippen molar-refractivity contribution < 1.29 is 4.74 Å². The van der Waals surface area contributed by atoms with E-state index in [0.29, 0.717) is 6.54 Å². The van der Waals surface area contributed by atoms with E-state index in [9.17, 15) is 0 Å². The van der Waals surface area contributed by atoms with Crippen LogP contribution in [0.4, 0.5) is 0 Å². The zero-order valence-corrected chi connectivity index (χ0v) is 10.2. The molecule has 17 heavy (non-hydrogen) atoms. The summed E-state index contributed by atoms with van der Waals surface area (Å²) in [5.74, 6) is 1.73. The van der Waals surface area contributed by atoms with Crippen LogP contribution in [0.2, 0.25) is 0 Å². The molecule has 0 spiro atoms. The Labute approximate surface area is 101 Å². The molecular formula is C13H17N3O. The van der Waals surface area contributed by atoms with E-state index in [1.165, 1.54) is 0 Å². The Hall–Kier alpha value is -1.81. The van der Waals surface area contributed by atoms with Crippen LogP contribution in [0.25, 0.3) is 11.3 Å². The van der Waals surface area contributed by atoms with Gasteiger partial charge in [0.2, 0.25) is 0 Å². The maximum atomic E-state index is 5.61. The van der Waals surface area contributed by atoms with Gasteiger partial charge in [0, 0.05) is 17.7 Å². The number of aromatic amines is 1. The van der Waals surface area contributed by atoms with Gasteiger partial charge in [-0.05, 0) is 25.6 Å². The molecule has 1 heterocycles. The van der Waals surface area contributed by atoms with Crippen LogP contribution in [0, 0.1) is 6.92 Å². The Kier molecular flexibility index (Phi) is 3.44. The summed E-state index contributed by atoms with van der Waals surface area (Å²) in [5, 5.41) is 0. The number of hydrogen-bond donors (Lipinski definition) is 2. The highest BCUT2D eigenvalue weighted by molar-refractivity contribution is 5.69. The fourth-order valence-electron chi connectivity index (χ4n) is 1.93. The molecule has 0 bridgehead atoms. The van der Waals surface area contributed by atoms with E-state index in [2.05, 4.69) is 9.97 Å². The molecule has 0 aliphatic carbocycles. The molecule has 0 fully saturated rings. The van der Waals surface area contributed by atoms with Gasteiger partial charge in [0.1, 0.15) is 11.6 Å². The first-order valence-electron chi connectivity index (χ1n) is 5.65. The second-order valence-corrected chi connectivity index (χ2v) is 3.89. The number of aromatic nitrogens is 2. The number of nitrogens with one attached hydrogen (secondary N) is 1. The SMILES string of the molecule is COc1ccccc1-c1nc(C)[nH]c1CCN. The van der Waals surface area contributed by atoms with Gasteiger partial charge in [-0.3, -0.25) is 0 Å². The molecule has 0 aliphatic heterocycles. The number of nitrogens with zero attached hydrogens (tertiary/aromatic N) is 1. The zero-order valence-electron chi connectivity index (χ0n) is 10.2. The number of para-hydroxylation sites is 1. The van der Waals surface area contributed by atoms with Crippen molar-refractivity contribution in [1.29, 1.82) is 0 Å². The van der Waals surface area contributed by atoms with Crippen LogP contribution in [-0.4, -0.2) is 23.6 Å². The molecule has 0 unspecified atom stereocenters. The lowest BCUT2D eigenvalue weighted by Crippen LogP contribution is -2.04. The quantitative estimate of drug-likeness (QED) is 0.844. The normalized spacial score (nSPS) is 10.5. The van der Waals surface area contributed by atoms with Gasteiger partial charge in [-0.25, -0.2) is 4.98 Å². The summed E-state index contributed by atoms with van der Waals surface area (Å²) < 4.78 is 5.36. The third-order valence-corrected chi connectivity index (χ3v) is 2.65. The summed E-state index contributed by atoms with van der Waals surface area (Å²) >= 11 is 0. The highest BCUT2D eigenvalue weighted by Gasteiger charge is 2.13. The van der Waals surface area contributed by atoms with Crippen LogP contribution >= 0.6 is 0 Å². The minimum absolute atomic E-state index is 0.601. The number of methoxy groups -OCH3 is 1. The maximum Gasteiger partial charge on any atom is 0.128 e. The van der Waals surface area contributed by atoms with Crippen molar-refractivity contribution in [2.75, 3.05) is 13.7 Å². The van der Waals surface area contributed by atoms with E-state index in [1.54, 1.807) is 7.11 Å². The second kappa shape index (κ2) is 5.01. The largest absolute Gasteiger partial charge is 0.496 e. The van der Waals surface area contributed by atoms with Crippen molar-refractivity contribution in [1.82, 2.24) is 9.97 Å². The molecular weight excluding hydrogens is 214 g/mol. The molecule has 4 heteroatoms. The Balaban J connectivity index is 2.51. The van der Waals surface area contributed by atoms with Crippen molar-refractivity contribution >= 4 is 0 Å². The van der Waals surface area contributed by atoms with Crippen LogP contribution < -0.4 is 10.5 Å². The van der Waals surface area contributed by atoms with Crippen LogP contribution in [0.3, 0.4) is 0 Å². The number of hydrogen-bond acceptors (Lipinski definition) is 3. The van der Waals surface area contributed by atoms with Crippen LogP contribution in [0.5, 0.6) is 5.75 Å². The smallest absolute Gasteiger partial charge is 0.128 e. The first-order chi connectivity index (χ1) is 8.26. The minimum Gasteiger partial charge on any atom is -0.496 e. The first kappa shape index (κ1) is 11.7. The second-order valence-electron chi connectivity index (χ2n) is 3.89. The molecule has 90 valence electrons. The zero-order chi connectivity index (χ0) is 12.3. The van der Waals surface area contributed by atoms with Crippen LogP contribution in [-0.2, 0) is 6.42 Å². The summed E-state index contributed by atoms with van der Waals surface area (Å²) in [7, 11) is 1.67. The third-order valence-electron chi connectivity index (χ3n) is 2.65. The van der Waals surface area contributed by atoms with Crippen molar-refractivity contribution in [2.24, 2.45) is 5.73 Å². The number of H-pyrrole nitrogens is 1. The lowest BCUT2D eigenvalue weighted by Gasteiger charge is -2.07. The predicted octanol–water partition coefficient (Wildman–Crippen LogP) is 1.89. The van der Waals surface area contributed by atoms with E-state index >= 15 is 0 Å². The topological polar surface area (TPSA) is 63.9 Å². The van der Waals surface area contributed by atoms with Gasteiger partial charge in [0.05, 0.1) is 12.8 Å². The highest BCUT2D eigenvalue weighted by Crippen LogP contribution is 2.30.